The molecule has 0 unspecified atom stereocenters. The van der Waals surface area contributed by atoms with Crippen molar-refractivity contribution in [1.82, 2.24) is 39.9 Å². The Balaban J connectivity index is 0.00000455. The summed E-state index contributed by atoms with van der Waals surface area (Å²) in [5, 5.41) is -0.234. The Morgan fingerprint density at radius 1 is 0.421 bits per heavy atom. The quantitative estimate of drug-likeness (QED) is 0.0740. The fraction of sp³-hybridized carbons (Fsp3) is 0. The van der Waals surface area contributed by atoms with Crippen molar-refractivity contribution >= 4 is 121 Å². The minimum absolute atomic E-state index is 0. The van der Waals surface area contributed by atoms with Gasteiger partial charge in [-0.25, -0.2) is 15.0 Å². The molecule has 0 atom stereocenters. The third-order valence-electron chi connectivity index (χ3n) is 8.72. The Morgan fingerprint density at radius 2 is 0.789 bits per heavy atom. The van der Waals surface area contributed by atoms with Gasteiger partial charge in [-0.1, -0.05) is 58.5 Å². The van der Waals surface area contributed by atoms with Crippen LogP contribution in [0.25, 0.3) is 89.7 Å². The van der Waals surface area contributed by atoms with Gasteiger partial charge in [0, 0.05) is 55.6 Å². The minimum Gasteiger partial charge on any atom is -0.357 e. The molecule has 8 bridgehead atoms. The van der Waals surface area contributed by atoms with Crippen molar-refractivity contribution in [3.63, 3.8) is 0 Å². The summed E-state index contributed by atoms with van der Waals surface area (Å²) < 4.78 is 103. The standard InChI is InChI=1S/C32H12Cl4N8O9S3.Cu/c33-21-19-20(22(34)24(36)23(21)35)32-43-30-18-9-12(56(51,52)53)2-5-14(18)26(40-30)39-28-16-7-10(54(45,46)47)1-4-13(16)25(37-28)38-29-17-8-11(55(48,49)50)3-6-15(17)27(41-29)42-31(19)44-32;/h1-9H,(H3-2,37,38,39,40,41,42,43,44,45,46,47,48,49,50,51,52,53);/q-2;+2. The smallest absolute Gasteiger partial charge is 0.357 e. The molecule has 0 amide bonds. The number of aromatic nitrogens is 8. The van der Waals surface area contributed by atoms with E-state index < -0.39 is 45.0 Å². The van der Waals surface area contributed by atoms with Crippen LogP contribution in [0.1, 0.15) is 0 Å². The predicted molar refractivity (Wildman–Crippen MR) is 203 cm³/mol. The first-order valence-electron chi connectivity index (χ1n) is 15.2. The van der Waals surface area contributed by atoms with E-state index in [4.69, 9.17) is 46.4 Å². The summed E-state index contributed by atoms with van der Waals surface area (Å²) in [4.78, 5) is 35.0. The molecule has 9 rings (SSSR count). The SMILES string of the molecule is O=S(=O)(O)c1ccc2c(c1)-c1nc3nc(nc4[n-]c(nc5[n-]c(nc-2n1)c1cc(S(=O)(=O)O)ccc51)c1c(Cl)c(Cl)c(Cl)c(Cl)c41)-c1cc(S(=O)(=O)O)ccc1-3.[Cu+2]. The van der Waals surface area contributed by atoms with E-state index >= 15 is 0 Å². The Bertz CT molecular complexity index is 3530. The number of hydrogen-bond acceptors (Lipinski definition) is 12. The van der Waals surface area contributed by atoms with Crippen molar-refractivity contribution in [3.8, 4) is 45.6 Å². The molecule has 1 radical (unpaired) electrons. The van der Waals surface area contributed by atoms with Crippen molar-refractivity contribution in [2.24, 2.45) is 0 Å². The Hall–Kier alpha value is -4.35. The van der Waals surface area contributed by atoms with Crippen molar-refractivity contribution in [1.29, 1.82) is 0 Å². The average Bonchev–Trinajstić information content (AvgIpc) is 3.86. The molecule has 0 aliphatic carbocycles. The number of rotatable bonds is 3. The van der Waals surface area contributed by atoms with Gasteiger partial charge in [-0.05, 0) is 53.2 Å². The number of hydrogen-bond donors (Lipinski definition) is 3. The summed E-state index contributed by atoms with van der Waals surface area (Å²) in [5.41, 5.74) is -0.139. The predicted octanol–water partition coefficient (Wildman–Crippen LogP) is 6.48. The Morgan fingerprint density at radius 3 is 1.30 bits per heavy atom. The van der Waals surface area contributed by atoms with Crippen molar-refractivity contribution in [2.75, 3.05) is 0 Å². The number of benzene rings is 4. The second kappa shape index (κ2) is 13.3. The fourth-order valence-corrected chi connectivity index (χ4v) is 8.73. The van der Waals surface area contributed by atoms with Gasteiger partial charge in [-0.2, -0.15) is 25.3 Å². The largest absolute Gasteiger partial charge is 2.00 e. The molecule has 17 nitrogen and oxygen atoms in total. The second-order valence-electron chi connectivity index (χ2n) is 12.0. The summed E-state index contributed by atoms with van der Waals surface area (Å²) in [6.45, 7) is 0. The van der Waals surface area contributed by atoms with Gasteiger partial charge >= 0.3 is 17.1 Å². The first-order chi connectivity index (χ1) is 26.3. The summed E-state index contributed by atoms with van der Waals surface area (Å²) in [5.74, 6) is -0.618. The zero-order chi connectivity index (χ0) is 39.8. The number of halogens is 4. The number of fused-ring (bicyclic) bond motifs is 20. The fourth-order valence-electron chi connectivity index (χ4n) is 6.19. The summed E-state index contributed by atoms with van der Waals surface area (Å²) in [7, 11) is -14.2. The molecule has 3 aromatic heterocycles. The molecule has 57 heavy (non-hydrogen) atoms. The van der Waals surface area contributed by atoms with Gasteiger partial charge in [-0.15, -0.1) is 0 Å². The zero-order valence-electron chi connectivity index (χ0n) is 27.1. The molecular formula is C32H12Cl4CuN8O9S3. The van der Waals surface area contributed by atoms with Crippen LogP contribution in [0, 0.1) is 0 Å². The Kier molecular flexibility index (Phi) is 9.24. The van der Waals surface area contributed by atoms with Crippen LogP contribution < -0.4 is 9.97 Å². The zero-order valence-corrected chi connectivity index (χ0v) is 33.5. The minimum atomic E-state index is -4.74. The van der Waals surface area contributed by atoms with Gasteiger partial charge < -0.3 is 24.9 Å². The normalized spacial score (nSPS) is 12.8. The topological polar surface area (TPSA) is 269 Å². The van der Waals surface area contributed by atoms with Gasteiger partial charge in [0.25, 0.3) is 30.4 Å². The third-order valence-corrected chi connectivity index (χ3v) is 13.1. The van der Waals surface area contributed by atoms with Gasteiger partial charge in [-0.3, -0.25) is 13.7 Å². The molecule has 5 heterocycles. The maximum atomic E-state index is 12.2. The van der Waals surface area contributed by atoms with E-state index in [2.05, 4.69) is 39.9 Å². The molecule has 2 aliphatic heterocycles. The van der Waals surface area contributed by atoms with Crippen LogP contribution in [-0.4, -0.2) is 68.8 Å². The monoisotopic (exact) mass is 951 g/mol. The van der Waals surface area contributed by atoms with Crippen molar-refractivity contribution < 1.29 is 56.0 Å². The first-order valence-corrected chi connectivity index (χ1v) is 21.0. The van der Waals surface area contributed by atoms with Crippen LogP contribution in [0.5, 0.6) is 0 Å². The van der Waals surface area contributed by atoms with Gasteiger partial charge in [0.15, 0.2) is 11.6 Å². The van der Waals surface area contributed by atoms with Gasteiger partial charge in [0.1, 0.15) is 0 Å². The third kappa shape index (κ3) is 6.44. The number of nitrogens with zero attached hydrogens (tertiary/aromatic N) is 8. The average molecular weight is 954 g/mol. The molecule has 25 heteroatoms. The maximum absolute atomic E-state index is 12.2. The van der Waals surface area contributed by atoms with E-state index in [1.54, 1.807) is 0 Å². The van der Waals surface area contributed by atoms with Gasteiger partial charge in [0.05, 0.1) is 46.4 Å². The molecule has 0 saturated carbocycles. The Labute approximate surface area is 349 Å². The summed E-state index contributed by atoms with van der Waals surface area (Å²) in [6, 6.07) is 10.5. The summed E-state index contributed by atoms with van der Waals surface area (Å²) in [6.07, 6.45) is 0. The van der Waals surface area contributed by atoms with Crippen LogP contribution in [0.4, 0.5) is 0 Å². The van der Waals surface area contributed by atoms with E-state index in [0.717, 1.165) is 36.4 Å². The van der Waals surface area contributed by atoms with Crippen LogP contribution in [0.15, 0.2) is 69.3 Å². The van der Waals surface area contributed by atoms with E-state index in [9.17, 15) is 38.9 Å². The van der Waals surface area contributed by atoms with Crippen LogP contribution in [0.3, 0.4) is 0 Å². The maximum Gasteiger partial charge on any atom is 2.00 e. The van der Waals surface area contributed by atoms with E-state index in [0.29, 0.717) is 0 Å². The van der Waals surface area contributed by atoms with Gasteiger partial charge in [0.2, 0.25) is 0 Å². The molecule has 291 valence electrons. The second-order valence-corrected chi connectivity index (χ2v) is 17.8. The van der Waals surface area contributed by atoms with Crippen LogP contribution in [-0.2, 0) is 47.4 Å². The van der Waals surface area contributed by atoms with Crippen LogP contribution in [0.2, 0.25) is 20.1 Å². The van der Waals surface area contributed by atoms with Crippen molar-refractivity contribution in [2.45, 2.75) is 14.7 Å². The van der Waals surface area contributed by atoms with Crippen molar-refractivity contribution in [3.05, 3.63) is 74.7 Å². The summed E-state index contributed by atoms with van der Waals surface area (Å²) >= 11 is 26.4. The van der Waals surface area contributed by atoms with E-state index in [1.165, 1.54) is 18.2 Å². The molecular weight excluding hydrogens is 942 g/mol. The van der Waals surface area contributed by atoms with E-state index in [-0.39, 0.29) is 127 Å². The first kappa shape index (κ1) is 39.5. The molecule has 4 aromatic carbocycles. The van der Waals surface area contributed by atoms with Crippen LogP contribution >= 0.6 is 46.4 Å². The van der Waals surface area contributed by atoms with E-state index in [1.807, 2.05) is 0 Å². The molecule has 7 aromatic rings. The molecule has 3 N–H and O–H groups in total. The molecule has 0 spiro atoms. The molecule has 0 fully saturated rings. The molecule has 0 saturated heterocycles. The molecule has 2 aliphatic rings.